The molecule has 2 atom stereocenters. The number of nitrogens with one attached hydrogen (secondary N) is 1. The van der Waals surface area contributed by atoms with E-state index in [-0.39, 0.29) is 30.4 Å². The molecule has 1 saturated heterocycles. The Kier molecular flexibility index (Phi) is 6.74. The molecular formula is C22H25FN4O3S. The molecule has 0 bridgehead atoms. The Morgan fingerprint density at radius 2 is 2.06 bits per heavy atom. The van der Waals surface area contributed by atoms with Gasteiger partial charge in [-0.15, -0.1) is 11.3 Å². The largest absolute Gasteiger partial charge is 0.441 e. The number of carbonyl (C=O) groups excluding carboxylic acids is 1. The second kappa shape index (κ2) is 9.67. The summed E-state index contributed by atoms with van der Waals surface area (Å²) in [6.07, 6.45) is 2.41. The minimum atomic E-state index is -0.372. The number of amides is 1. The predicted octanol–water partition coefficient (Wildman–Crippen LogP) is 4.12. The van der Waals surface area contributed by atoms with Gasteiger partial charge < -0.3 is 14.5 Å². The topological polar surface area (TPSA) is 80.5 Å². The van der Waals surface area contributed by atoms with E-state index in [9.17, 15) is 9.18 Å². The summed E-state index contributed by atoms with van der Waals surface area (Å²) in [5.41, 5.74) is 1.29. The van der Waals surface area contributed by atoms with Gasteiger partial charge in [0.05, 0.1) is 29.7 Å². The molecular weight excluding hydrogens is 419 g/mol. The molecule has 3 heterocycles. The molecule has 7 nitrogen and oxygen atoms in total. The summed E-state index contributed by atoms with van der Waals surface area (Å²) < 4.78 is 25.2. The van der Waals surface area contributed by atoms with Crippen LogP contribution in [0.4, 0.5) is 9.52 Å². The third-order valence-corrected chi connectivity index (χ3v) is 5.74. The van der Waals surface area contributed by atoms with E-state index in [1.54, 1.807) is 18.2 Å². The SMILES string of the molecule is C[C@@H]1CN(Cc2csc(NC(=O)CCc3ncc(-c4ccccc4F)o3)n2)C[C@H](C)O1. The maximum Gasteiger partial charge on any atom is 0.226 e. The Balaban J connectivity index is 1.27. The first kappa shape index (κ1) is 21.6. The van der Waals surface area contributed by atoms with Gasteiger partial charge in [0.2, 0.25) is 5.91 Å². The van der Waals surface area contributed by atoms with Crippen LogP contribution < -0.4 is 5.32 Å². The van der Waals surface area contributed by atoms with Crippen LogP contribution in [-0.4, -0.2) is 46.1 Å². The molecule has 1 fully saturated rings. The summed E-state index contributed by atoms with van der Waals surface area (Å²) in [5.74, 6) is 0.206. The number of nitrogens with zero attached hydrogens (tertiary/aromatic N) is 3. The average Bonchev–Trinajstić information content (AvgIpc) is 3.35. The van der Waals surface area contributed by atoms with Gasteiger partial charge in [-0.3, -0.25) is 9.69 Å². The fraction of sp³-hybridized carbons (Fsp3) is 0.409. The van der Waals surface area contributed by atoms with E-state index >= 15 is 0 Å². The highest BCUT2D eigenvalue weighted by Crippen LogP contribution is 2.24. The first-order valence-corrected chi connectivity index (χ1v) is 11.2. The van der Waals surface area contributed by atoms with Crippen molar-refractivity contribution in [3.05, 3.63) is 53.2 Å². The normalized spacial score (nSPS) is 19.5. The minimum Gasteiger partial charge on any atom is -0.441 e. The standard InChI is InChI=1S/C22H25FN4O3S/c1-14-10-27(11-15(2)29-14)12-16-13-31-22(25-16)26-20(28)7-8-21-24-9-19(30-21)17-5-3-4-6-18(17)23/h3-6,9,13-15H,7-8,10-12H2,1-2H3,(H,25,26,28)/t14-,15+. The molecule has 164 valence electrons. The van der Waals surface area contributed by atoms with Gasteiger partial charge in [-0.25, -0.2) is 14.4 Å². The molecule has 31 heavy (non-hydrogen) atoms. The van der Waals surface area contributed by atoms with Gasteiger partial charge >= 0.3 is 0 Å². The van der Waals surface area contributed by atoms with Crippen LogP contribution in [0.5, 0.6) is 0 Å². The molecule has 0 saturated carbocycles. The minimum absolute atomic E-state index is 0.167. The van der Waals surface area contributed by atoms with Gasteiger partial charge in [0.15, 0.2) is 16.8 Å². The van der Waals surface area contributed by atoms with Gasteiger partial charge in [0.1, 0.15) is 5.82 Å². The maximum absolute atomic E-state index is 13.9. The molecule has 9 heteroatoms. The molecule has 0 spiro atoms. The summed E-state index contributed by atoms with van der Waals surface area (Å²) in [6.45, 7) is 6.62. The number of carbonyl (C=O) groups is 1. The van der Waals surface area contributed by atoms with Crippen molar-refractivity contribution in [3.63, 3.8) is 0 Å². The summed E-state index contributed by atoms with van der Waals surface area (Å²) in [4.78, 5) is 23.3. The lowest BCUT2D eigenvalue weighted by Gasteiger charge is -2.34. The zero-order valence-electron chi connectivity index (χ0n) is 17.5. The molecule has 2 aromatic heterocycles. The van der Waals surface area contributed by atoms with Crippen molar-refractivity contribution in [2.45, 2.75) is 45.4 Å². The molecule has 1 amide bonds. The van der Waals surface area contributed by atoms with Gasteiger partial charge in [0, 0.05) is 37.9 Å². The molecule has 1 aromatic carbocycles. The molecule has 1 aliphatic heterocycles. The molecule has 4 rings (SSSR count). The van der Waals surface area contributed by atoms with E-state index in [1.165, 1.54) is 23.6 Å². The summed E-state index contributed by atoms with van der Waals surface area (Å²) in [7, 11) is 0. The maximum atomic E-state index is 13.9. The van der Waals surface area contributed by atoms with E-state index in [2.05, 4.69) is 34.0 Å². The van der Waals surface area contributed by atoms with Gasteiger partial charge in [0.25, 0.3) is 0 Å². The van der Waals surface area contributed by atoms with Crippen molar-refractivity contribution in [3.8, 4) is 11.3 Å². The number of aryl methyl sites for hydroxylation is 1. The Bertz CT molecular complexity index is 1030. The lowest BCUT2D eigenvalue weighted by atomic mass is 10.2. The molecule has 0 radical (unpaired) electrons. The number of morpholine rings is 1. The van der Waals surface area contributed by atoms with Crippen LogP contribution in [0.1, 0.15) is 31.9 Å². The van der Waals surface area contributed by atoms with Crippen molar-refractivity contribution in [2.24, 2.45) is 0 Å². The fourth-order valence-electron chi connectivity index (χ4n) is 3.69. The highest BCUT2D eigenvalue weighted by Gasteiger charge is 2.23. The lowest BCUT2D eigenvalue weighted by Crippen LogP contribution is -2.44. The monoisotopic (exact) mass is 444 g/mol. The number of rotatable bonds is 7. The van der Waals surface area contributed by atoms with E-state index in [4.69, 9.17) is 9.15 Å². The average molecular weight is 445 g/mol. The van der Waals surface area contributed by atoms with Crippen LogP contribution in [0.2, 0.25) is 0 Å². The van der Waals surface area contributed by atoms with Crippen LogP contribution in [0, 0.1) is 5.82 Å². The summed E-state index contributed by atoms with van der Waals surface area (Å²) in [6, 6.07) is 6.35. The smallest absolute Gasteiger partial charge is 0.226 e. The number of ether oxygens (including phenoxy) is 1. The fourth-order valence-corrected chi connectivity index (χ4v) is 4.41. The van der Waals surface area contributed by atoms with Gasteiger partial charge in [-0.2, -0.15) is 0 Å². The van der Waals surface area contributed by atoms with E-state index < -0.39 is 0 Å². The lowest BCUT2D eigenvalue weighted by molar-refractivity contribution is -0.116. The number of hydrogen-bond donors (Lipinski definition) is 1. The zero-order valence-corrected chi connectivity index (χ0v) is 18.3. The highest BCUT2D eigenvalue weighted by molar-refractivity contribution is 7.13. The van der Waals surface area contributed by atoms with Crippen LogP contribution in [0.15, 0.2) is 40.3 Å². The van der Waals surface area contributed by atoms with Crippen molar-refractivity contribution in [1.29, 1.82) is 0 Å². The second-order valence-corrected chi connectivity index (χ2v) is 8.60. The second-order valence-electron chi connectivity index (χ2n) is 7.74. The van der Waals surface area contributed by atoms with Crippen LogP contribution in [-0.2, 0) is 22.5 Å². The number of benzene rings is 1. The van der Waals surface area contributed by atoms with Crippen molar-refractivity contribution in [1.82, 2.24) is 14.9 Å². The molecule has 1 aliphatic rings. The number of oxazole rings is 1. The zero-order chi connectivity index (χ0) is 21.8. The number of aromatic nitrogens is 2. The first-order chi connectivity index (χ1) is 15.0. The number of anilines is 1. The Labute approximate surface area is 184 Å². The highest BCUT2D eigenvalue weighted by atomic mass is 32.1. The molecule has 1 N–H and O–H groups in total. The van der Waals surface area contributed by atoms with E-state index in [0.717, 1.165) is 25.3 Å². The Morgan fingerprint density at radius 3 is 2.84 bits per heavy atom. The third kappa shape index (κ3) is 5.75. The number of halogens is 1. The van der Waals surface area contributed by atoms with Gasteiger partial charge in [-0.1, -0.05) is 12.1 Å². The molecule has 0 aliphatic carbocycles. The third-order valence-electron chi connectivity index (χ3n) is 4.94. The summed E-state index contributed by atoms with van der Waals surface area (Å²) >= 11 is 1.41. The van der Waals surface area contributed by atoms with Crippen molar-refractivity contribution >= 4 is 22.4 Å². The van der Waals surface area contributed by atoms with Crippen LogP contribution in [0.3, 0.4) is 0 Å². The van der Waals surface area contributed by atoms with Crippen molar-refractivity contribution in [2.75, 3.05) is 18.4 Å². The Morgan fingerprint density at radius 1 is 1.29 bits per heavy atom. The Hall–Kier alpha value is -2.62. The molecule has 3 aromatic rings. The van der Waals surface area contributed by atoms with E-state index in [1.807, 2.05) is 5.38 Å². The van der Waals surface area contributed by atoms with Crippen molar-refractivity contribution < 1.29 is 18.3 Å². The van der Waals surface area contributed by atoms with Crippen LogP contribution in [0.25, 0.3) is 11.3 Å². The number of thiazole rings is 1. The molecule has 0 unspecified atom stereocenters. The quantitative estimate of drug-likeness (QED) is 0.591. The van der Waals surface area contributed by atoms with Gasteiger partial charge in [-0.05, 0) is 26.0 Å². The first-order valence-electron chi connectivity index (χ1n) is 10.3. The number of hydrogen-bond acceptors (Lipinski definition) is 7. The van der Waals surface area contributed by atoms with E-state index in [0.29, 0.717) is 28.8 Å². The predicted molar refractivity (Wildman–Crippen MR) is 116 cm³/mol. The van der Waals surface area contributed by atoms with Crippen LogP contribution >= 0.6 is 11.3 Å². The summed E-state index contributed by atoms with van der Waals surface area (Å²) in [5, 5.41) is 5.38.